The van der Waals surface area contributed by atoms with Gasteiger partial charge in [0.1, 0.15) is 17.8 Å². The van der Waals surface area contributed by atoms with Crippen LogP contribution in [0.3, 0.4) is 0 Å². The van der Waals surface area contributed by atoms with Crippen molar-refractivity contribution in [3.8, 4) is 0 Å². The van der Waals surface area contributed by atoms with Gasteiger partial charge in [0.25, 0.3) is 0 Å². The van der Waals surface area contributed by atoms with Crippen LogP contribution in [0.4, 0.5) is 5.82 Å². The Bertz CT molecular complexity index is 606. The second kappa shape index (κ2) is 5.66. The number of nitrogens with one attached hydrogen (secondary N) is 1. The molecule has 3 heterocycles. The number of rotatable bonds is 4. The van der Waals surface area contributed by atoms with E-state index in [0.29, 0.717) is 5.41 Å². The molecule has 4 nitrogen and oxygen atoms in total. The SMILES string of the molecule is CCCCC1(C)CN(c2ncnc3[nH]ccc23)CCC1C. The second-order valence-electron chi connectivity index (χ2n) is 6.81. The summed E-state index contributed by atoms with van der Waals surface area (Å²) in [6, 6.07) is 2.09. The molecule has 1 aliphatic rings. The molecule has 1 aliphatic heterocycles. The monoisotopic (exact) mass is 286 g/mol. The van der Waals surface area contributed by atoms with Crippen molar-refractivity contribution < 1.29 is 0 Å². The summed E-state index contributed by atoms with van der Waals surface area (Å²) < 4.78 is 0. The highest BCUT2D eigenvalue weighted by Crippen LogP contribution is 2.41. The number of nitrogens with zero attached hydrogens (tertiary/aromatic N) is 3. The van der Waals surface area contributed by atoms with Gasteiger partial charge in [-0.15, -0.1) is 0 Å². The van der Waals surface area contributed by atoms with Gasteiger partial charge in [-0.25, -0.2) is 9.97 Å². The van der Waals surface area contributed by atoms with E-state index >= 15 is 0 Å². The van der Waals surface area contributed by atoms with Crippen molar-refractivity contribution in [3.63, 3.8) is 0 Å². The molecule has 1 saturated heterocycles. The third kappa shape index (κ3) is 2.63. The van der Waals surface area contributed by atoms with Gasteiger partial charge in [-0.3, -0.25) is 0 Å². The lowest BCUT2D eigenvalue weighted by molar-refractivity contribution is 0.149. The molecule has 0 bridgehead atoms. The second-order valence-corrected chi connectivity index (χ2v) is 6.81. The number of fused-ring (bicyclic) bond motifs is 1. The largest absolute Gasteiger partial charge is 0.355 e. The maximum absolute atomic E-state index is 4.57. The molecule has 0 spiro atoms. The van der Waals surface area contributed by atoms with Crippen molar-refractivity contribution in [2.75, 3.05) is 18.0 Å². The first kappa shape index (κ1) is 14.4. The highest BCUT2D eigenvalue weighted by atomic mass is 15.2. The Kier molecular flexibility index (Phi) is 3.87. The molecule has 0 amide bonds. The first-order chi connectivity index (χ1) is 10.1. The molecule has 0 radical (unpaired) electrons. The fraction of sp³-hybridized carbons (Fsp3) is 0.647. The topological polar surface area (TPSA) is 44.8 Å². The smallest absolute Gasteiger partial charge is 0.142 e. The molecule has 1 N–H and O–H groups in total. The minimum absolute atomic E-state index is 0.391. The fourth-order valence-electron chi connectivity index (χ4n) is 3.57. The summed E-state index contributed by atoms with van der Waals surface area (Å²) in [4.78, 5) is 14.5. The van der Waals surface area contributed by atoms with Crippen LogP contribution in [0, 0.1) is 11.3 Å². The van der Waals surface area contributed by atoms with E-state index in [9.17, 15) is 0 Å². The summed E-state index contributed by atoms with van der Waals surface area (Å²) in [6.07, 6.45) is 8.77. The maximum Gasteiger partial charge on any atom is 0.142 e. The van der Waals surface area contributed by atoms with E-state index in [2.05, 4.69) is 46.7 Å². The van der Waals surface area contributed by atoms with Gasteiger partial charge in [-0.2, -0.15) is 0 Å². The van der Waals surface area contributed by atoms with Gasteiger partial charge < -0.3 is 9.88 Å². The summed E-state index contributed by atoms with van der Waals surface area (Å²) in [5, 5.41) is 1.14. The zero-order valence-corrected chi connectivity index (χ0v) is 13.4. The lowest BCUT2D eigenvalue weighted by Crippen LogP contribution is -2.46. The van der Waals surface area contributed by atoms with Crippen LogP contribution in [-0.2, 0) is 0 Å². The highest BCUT2D eigenvalue weighted by molar-refractivity contribution is 5.87. The predicted octanol–water partition coefficient (Wildman–Crippen LogP) is 4.00. The summed E-state index contributed by atoms with van der Waals surface area (Å²) in [6.45, 7) is 9.35. The Morgan fingerprint density at radius 2 is 2.29 bits per heavy atom. The summed E-state index contributed by atoms with van der Waals surface area (Å²) in [5.41, 5.74) is 1.33. The number of anilines is 1. The van der Waals surface area contributed by atoms with Crippen molar-refractivity contribution in [3.05, 3.63) is 18.6 Å². The molecule has 2 atom stereocenters. The van der Waals surface area contributed by atoms with Crippen molar-refractivity contribution in [2.24, 2.45) is 11.3 Å². The number of H-pyrrole nitrogens is 1. The zero-order valence-electron chi connectivity index (χ0n) is 13.4. The number of hydrogen-bond donors (Lipinski definition) is 1. The van der Waals surface area contributed by atoms with Gasteiger partial charge >= 0.3 is 0 Å². The maximum atomic E-state index is 4.57. The lowest BCUT2D eigenvalue weighted by atomic mass is 9.70. The van der Waals surface area contributed by atoms with Crippen LogP contribution in [0.2, 0.25) is 0 Å². The van der Waals surface area contributed by atoms with E-state index in [0.717, 1.165) is 35.9 Å². The van der Waals surface area contributed by atoms with Crippen LogP contribution in [0.25, 0.3) is 11.0 Å². The average Bonchev–Trinajstić information content (AvgIpc) is 2.97. The summed E-state index contributed by atoms with van der Waals surface area (Å²) >= 11 is 0. The van der Waals surface area contributed by atoms with Crippen LogP contribution in [0.15, 0.2) is 18.6 Å². The predicted molar refractivity (Wildman–Crippen MR) is 87.5 cm³/mol. The average molecular weight is 286 g/mol. The third-order valence-corrected chi connectivity index (χ3v) is 5.31. The van der Waals surface area contributed by atoms with Gasteiger partial charge in [0.2, 0.25) is 0 Å². The first-order valence-corrected chi connectivity index (χ1v) is 8.17. The molecule has 3 rings (SSSR count). The normalized spacial score (nSPS) is 26.4. The van der Waals surface area contributed by atoms with E-state index in [4.69, 9.17) is 0 Å². The molecule has 0 saturated carbocycles. The molecule has 2 aromatic rings. The van der Waals surface area contributed by atoms with Crippen LogP contribution in [0.5, 0.6) is 0 Å². The van der Waals surface area contributed by atoms with Crippen LogP contribution >= 0.6 is 0 Å². The summed E-state index contributed by atoms with van der Waals surface area (Å²) in [7, 11) is 0. The minimum atomic E-state index is 0.391. The first-order valence-electron chi connectivity index (χ1n) is 8.17. The fourth-order valence-corrected chi connectivity index (χ4v) is 3.57. The number of piperidine rings is 1. The van der Waals surface area contributed by atoms with E-state index in [-0.39, 0.29) is 0 Å². The van der Waals surface area contributed by atoms with Crippen molar-refractivity contribution >= 4 is 16.9 Å². The number of aromatic amines is 1. The van der Waals surface area contributed by atoms with E-state index in [1.165, 1.54) is 25.7 Å². The molecule has 4 heteroatoms. The van der Waals surface area contributed by atoms with Crippen molar-refractivity contribution in [1.29, 1.82) is 0 Å². The third-order valence-electron chi connectivity index (χ3n) is 5.31. The molecule has 1 fully saturated rings. The zero-order chi connectivity index (χ0) is 14.9. The van der Waals surface area contributed by atoms with Crippen LogP contribution in [0.1, 0.15) is 46.5 Å². The Morgan fingerprint density at radius 1 is 1.43 bits per heavy atom. The Balaban J connectivity index is 1.87. The number of unbranched alkanes of at least 4 members (excludes halogenated alkanes) is 1. The van der Waals surface area contributed by atoms with E-state index in [1.807, 2.05) is 6.20 Å². The van der Waals surface area contributed by atoms with Gasteiger partial charge in [0, 0.05) is 19.3 Å². The Morgan fingerprint density at radius 3 is 3.10 bits per heavy atom. The number of hydrogen-bond acceptors (Lipinski definition) is 3. The molecule has 0 aromatic carbocycles. The van der Waals surface area contributed by atoms with Crippen molar-refractivity contribution in [1.82, 2.24) is 15.0 Å². The molecule has 0 aliphatic carbocycles. The molecule has 21 heavy (non-hydrogen) atoms. The van der Waals surface area contributed by atoms with Gasteiger partial charge in [-0.1, -0.05) is 33.6 Å². The quantitative estimate of drug-likeness (QED) is 0.924. The number of aromatic nitrogens is 3. The van der Waals surface area contributed by atoms with Gasteiger partial charge in [0.05, 0.1) is 5.39 Å². The Labute approximate surface area is 127 Å². The summed E-state index contributed by atoms with van der Waals surface area (Å²) in [5.74, 6) is 1.87. The van der Waals surface area contributed by atoms with Crippen molar-refractivity contribution in [2.45, 2.75) is 46.5 Å². The van der Waals surface area contributed by atoms with Crippen LogP contribution in [-0.4, -0.2) is 28.0 Å². The van der Waals surface area contributed by atoms with E-state index in [1.54, 1.807) is 6.33 Å². The van der Waals surface area contributed by atoms with E-state index < -0.39 is 0 Å². The Hall–Kier alpha value is -1.58. The molecular formula is C17H26N4. The standard InChI is InChI=1S/C17H26N4/c1-4-5-8-17(3)11-21(10-7-13(17)2)16-14-6-9-18-15(14)19-12-20-16/h6,9,12-13H,4-5,7-8,10-11H2,1-3H3,(H,18,19,20). The molecular weight excluding hydrogens is 260 g/mol. The lowest BCUT2D eigenvalue weighted by Gasteiger charge is -2.46. The minimum Gasteiger partial charge on any atom is -0.355 e. The van der Waals surface area contributed by atoms with Gasteiger partial charge in [-0.05, 0) is 30.2 Å². The van der Waals surface area contributed by atoms with Gasteiger partial charge in [0.15, 0.2) is 0 Å². The molecule has 2 unspecified atom stereocenters. The molecule has 114 valence electrons. The highest BCUT2D eigenvalue weighted by Gasteiger charge is 2.37. The van der Waals surface area contributed by atoms with Crippen LogP contribution < -0.4 is 4.90 Å². The molecule has 2 aromatic heterocycles.